The molecule has 0 saturated carbocycles. The first kappa shape index (κ1) is 7.14. The van der Waals surface area contributed by atoms with Crippen LogP contribution in [0.25, 0.3) is 0 Å². The summed E-state index contributed by atoms with van der Waals surface area (Å²) in [4.78, 5) is 20.9. The minimum Gasteiger partial charge on any atom is -0.502 e. The van der Waals surface area contributed by atoms with Crippen molar-refractivity contribution < 1.29 is 5.11 Å². The molecule has 54 valence electrons. The van der Waals surface area contributed by atoms with Gasteiger partial charge in [0.15, 0.2) is 5.75 Å². The fourth-order valence-corrected chi connectivity index (χ4v) is 0.970. The van der Waals surface area contributed by atoms with E-state index < -0.39 is 16.6 Å². The van der Waals surface area contributed by atoms with E-state index in [2.05, 4.69) is 4.72 Å². The average molecular weight is 159 g/mol. The molecule has 0 saturated heterocycles. The van der Waals surface area contributed by atoms with Gasteiger partial charge in [0.05, 0.1) is 0 Å². The molecule has 0 spiro atoms. The molecule has 0 bridgehead atoms. The van der Waals surface area contributed by atoms with Crippen molar-refractivity contribution >= 4 is 17.6 Å². The van der Waals surface area contributed by atoms with Crippen LogP contribution in [0.5, 0.6) is 5.75 Å². The largest absolute Gasteiger partial charge is 0.502 e. The van der Waals surface area contributed by atoms with E-state index in [1.54, 1.807) is 6.26 Å². The topological polar surface area (TPSA) is 66.4 Å². The molecule has 0 heterocycles. The number of aromatic hydroxyl groups is 1. The van der Waals surface area contributed by atoms with Crippen molar-refractivity contribution in [2.75, 3.05) is 11.0 Å². The highest BCUT2D eigenvalue weighted by Crippen LogP contribution is 2.16. The predicted octanol–water partition coefficient (Wildman–Crippen LogP) is -0.322. The van der Waals surface area contributed by atoms with Crippen LogP contribution in [0.3, 0.4) is 0 Å². The molecule has 0 aliphatic carbocycles. The maximum Gasteiger partial charge on any atom is 0.271 e. The summed E-state index contributed by atoms with van der Waals surface area (Å²) in [6.07, 6.45) is 1.69. The van der Waals surface area contributed by atoms with Crippen LogP contribution in [0, 0.1) is 0 Å². The Labute approximate surface area is 60.7 Å². The van der Waals surface area contributed by atoms with E-state index in [-0.39, 0.29) is 5.69 Å². The standard InChI is InChI=1S/C5H5NO3S/c1-10-6-2-3(7)5(9)4(2)8/h6-7H,1H3. The summed E-state index contributed by atoms with van der Waals surface area (Å²) < 4.78 is 2.49. The molecule has 1 rings (SSSR count). The Kier molecular flexibility index (Phi) is 1.67. The summed E-state index contributed by atoms with van der Waals surface area (Å²) in [6, 6.07) is 0. The molecule has 0 aromatic heterocycles. The van der Waals surface area contributed by atoms with Gasteiger partial charge in [0.2, 0.25) is 0 Å². The molecule has 0 aliphatic heterocycles. The second-order valence-electron chi connectivity index (χ2n) is 1.69. The van der Waals surface area contributed by atoms with E-state index in [9.17, 15) is 9.59 Å². The van der Waals surface area contributed by atoms with Crippen molar-refractivity contribution in [3.63, 3.8) is 0 Å². The lowest BCUT2D eigenvalue weighted by Crippen LogP contribution is -2.31. The van der Waals surface area contributed by atoms with E-state index in [4.69, 9.17) is 5.11 Å². The van der Waals surface area contributed by atoms with Gasteiger partial charge >= 0.3 is 0 Å². The third kappa shape index (κ3) is 0.786. The van der Waals surface area contributed by atoms with Crippen LogP contribution in [0.2, 0.25) is 0 Å². The Morgan fingerprint density at radius 1 is 1.40 bits per heavy atom. The molecule has 10 heavy (non-hydrogen) atoms. The summed E-state index contributed by atoms with van der Waals surface area (Å²) in [7, 11) is 0. The summed E-state index contributed by atoms with van der Waals surface area (Å²) in [5.41, 5.74) is -1.44. The zero-order chi connectivity index (χ0) is 7.72. The van der Waals surface area contributed by atoms with Crippen molar-refractivity contribution in [2.24, 2.45) is 0 Å². The SMILES string of the molecule is CSNc1c(O)c(=O)c1=O. The smallest absolute Gasteiger partial charge is 0.271 e. The quantitative estimate of drug-likeness (QED) is 0.457. The van der Waals surface area contributed by atoms with Crippen LogP contribution in [-0.4, -0.2) is 11.4 Å². The number of nitrogens with one attached hydrogen (secondary N) is 1. The molecule has 0 unspecified atom stereocenters. The molecule has 1 aromatic rings. The first-order valence-electron chi connectivity index (χ1n) is 2.49. The van der Waals surface area contributed by atoms with Gasteiger partial charge in [-0.2, -0.15) is 0 Å². The summed E-state index contributed by atoms with van der Waals surface area (Å²) >= 11 is 1.15. The molecular weight excluding hydrogens is 154 g/mol. The van der Waals surface area contributed by atoms with E-state index >= 15 is 0 Å². The lowest BCUT2D eigenvalue weighted by molar-refractivity contribution is 0.466. The first-order valence-corrected chi connectivity index (χ1v) is 3.72. The van der Waals surface area contributed by atoms with Gasteiger partial charge in [0.1, 0.15) is 5.69 Å². The van der Waals surface area contributed by atoms with Gasteiger partial charge in [0.25, 0.3) is 10.9 Å². The Balaban J connectivity index is 2.99. The van der Waals surface area contributed by atoms with Gasteiger partial charge in [-0.3, -0.25) is 9.59 Å². The number of hydrogen-bond acceptors (Lipinski definition) is 5. The van der Waals surface area contributed by atoms with Gasteiger partial charge in [0, 0.05) is 6.26 Å². The minimum atomic E-state index is -0.809. The Morgan fingerprint density at radius 3 is 2.40 bits per heavy atom. The normalized spacial score (nSPS) is 10.1. The second kappa shape index (κ2) is 2.34. The van der Waals surface area contributed by atoms with Crippen molar-refractivity contribution in [3.8, 4) is 5.75 Å². The molecule has 5 heteroatoms. The molecule has 0 fully saturated rings. The third-order valence-corrected chi connectivity index (χ3v) is 1.50. The minimum absolute atomic E-state index is 0.0116. The fraction of sp³-hybridized carbons (Fsp3) is 0.200. The lowest BCUT2D eigenvalue weighted by atomic mass is 10.2. The summed E-state index contributed by atoms with van der Waals surface area (Å²) in [6.45, 7) is 0. The third-order valence-electron chi connectivity index (χ3n) is 1.09. The molecule has 1 aromatic carbocycles. The number of rotatable bonds is 2. The van der Waals surface area contributed by atoms with E-state index in [0.717, 1.165) is 11.9 Å². The molecular formula is C5H5NO3S. The lowest BCUT2D eigenvalue weighted by Gasteiger charge is -2.03. The van der Waals surface area contributed by atoms with Crippen LogP contribution in [0.1, 0.15) is 0 Å². The van der Waals surface area contributed by atoms with Crippen LogP contribution in [-0.2, 0) is 0 Å². The van der Waals surface area contributed by atoms with E-state index in [1.165, 1.54) is 0 Å². The van der Waals surface area contributed by atoms with Gasteiger partial charge in [-0.25, -0.2) is 0 Å². The monoisotopic (exact) mass is 159 g/mol. The maximum absolute atomic E-state index is 10.5. The Morgan fingerprint density at radius 2 is 2.00 bits per heavy atom. The van der Waals surface area contributed by atoms with Crippen LogP contribution < -0.4 is 15.6 Å². The molecule has 0 radical (unpaired) electrons. The highest BCUT2D eigenvalue weighted by atomic mass is 32.2. The van der Waals surface area contributed by atoms with Crippen LogP contribution >= 0.6 is 11.9 Å². The second-order valence-corrected chi connectivity index (χ2v) is 2.30. The zero-order valence-electron chi connectivity index (χ0n) is 5.17. The Bertz CT molecular complexity index is 312. The zero-order valence-corrected chi connectivity index (χ0v) is 5.99. The fourth-order valence-electron chi connectivity index (χ4n) is 0.576. The van der Waals surface area contributed by atoms with Crippen LogP contribution in [0.4, 0.5) is 5.69 Å². The maximum atomic E-state index is 10.5. The highest BCUT2D eigenvalue weighted by molar-refractivity contribution is 7.99. The number of anilines is 1. The van der Waals surface area contributed by atoms with Gasteiger partial charge < -0.3 is 9.83 Å². The number of hydrogen-bond donors (Lipinski definition) is 2. The van der Waals surface area contributed by atoms with Crippen molar-refractivity contribution in [3.05, 3.63) is 20.4 Å². The molecule has 0 atom stereocenters. The highest BCUT2D eigenvalue weighted by Gasteiger charge is 2.18. The summed E-state index contributed by atoms with van der Waals surface area (Å²) in [5, 5.41) is 8.71. The molecule has 2 N–H and O–H groups in total. The van der Waals surface area contributed by atoms with Gasteiger partial charge in [-0.05, 0) is 0 Å². The summed E-state index contributed by atoms with van der Waals surface area (Å²) in [5.74, 6) is -0.459. The van der Waals surface area contributed by atoms with Crippen LogP contribution in [0.15, 0.2) is 9.59 Å². The van der Waals surface area contributed by atoms with Crippen molar-refractivity contribution in [1.29, 1.82) is 0 Å². The predicted molar refractivity (Wildman–Crippen MR) is 40.2 cm³/mol. The van der Waals surface area contributed by atoms with Gasteiger partial charge in [-0.1, -0.05) is 11.9 Å². The van der Waals surface area contributed by atoms with E-state index in [1.807, 2.05) is 0 Å². The average Bonchev–Trinajstić information content (AvgIpc) is 1.98. The molecule has 0 aliphatic rings. The van der Waals surface area contributed by atoms with Crippen molar-refractivity contribution in [2.45, 2.75) is 0 Å². The first-order chi connectivity index (χ1) is 4.68. The van der Waals surface area contributed by atoms with Crippen molar-refractivity contribution in [1.82, 2.24) is 0 Å². The van der Waals surface area contributed by atoms with Gasteiger partial charge in [-0.15, -0.1) is 0 Å². The van der Waals surface area contributed by atoms with E-state index in [0.29, 0.717) is 0 Å². The molecule has 0 amide bonds. The molecule has 4 nitrogen and oxygen atoms in total. The Hall–Kier alpha value is -0.970.